The first-order chi connectivity index (χ1) is 11.4. The predicted octanol–water partition coefficient (Wildman–Crippen LogP) is 1.08. The van der Waals surface area contributed by atoms with Crippen LogP contribution < -0.4 is 10.6 Å². The van der Waals surface area contributed by atoms with E-state index in [9.17, 15) is 18.0 Å². The van der Waals surface area contributed by atoms with Gasteiger partial charge in [-0.25, -0.2) is 8.42 Å². The average Bonchev–Trinajstić information content (AvgIpc) is 3.18. The fraction of sp³-hybridized carbons (Fsp3) is 0.500. The Morgan fingerprint density at radius 2 is 1.79 bits per heavy atom. The number of sulfonamides is 1. The third-order valence-corrected chi connectivity index (χ3v) is 6.13. The summed E-state index contributed by atoms with van der Waals surface area (Å²) in [6.45, 7) is 1.73. The van der Waals surface area contributed by atoms with Gasteiger partial charge in [0.2, 0.25) is 21.8 Å². The Morgan fingerprint density at radius 1 is 1.12 bits per heavy atom. The Morgan fingerprint density at radius 3 is 2.38 bits per heavy atom. The van der Waals surface area contributed by atoms with Gasteiger partial charge in [-0.15, -0.1) is 0 Å². The van der Waals surface area contributed by atoms with Gasteiger partial charge in [-0.05, 0) is 49.9 Å². The molecular weight excluding hydrogens is 330 g/mol. The van der Waals surface area contributed by atoms with Crippen LogP contribution in [0.3, 0.4) is 0 Å². The summed E-state index contributed by atoms with van der Waals surface area (Å²) in [6.07, 6.45) is 3.15. The number of nitrogens with zero attached hydrogens (tertiary/aromatic N) is 1. The van der Waals surface area contributed by atoms with Crippen LogP contribution in [0, 0.1) is 0 Å². The number of carbonyl (C=O) groups excluding carboxylic acids is 2. The molecule has 3 rings (SSSR count). The molecule has 1 aromatic carbocycles. The van der Waals surface area contributed by atoms with Crippen molar-refractivity contribution in [3.63, 3.8) is 0 Å². The van der Waals surface area contributed by atoms with Gasteiger partial charge in [-0.2, -0.15) is 4.31 Å². The summed E-state index contributed by atoms with van der Waals surface area (Å²) in [5.74, 6) is -0.421. The molecule has 0 radical (unpaired) electrons. The first-order valence-electron chi connectivity index (χ1n) is 8.08. The van der Waals surface area contributed by atoms with Gasteiger partial charge in [0, 0.05) is 25.2 Å². The number of anilines is 1. The van der Waals surface area contributed by atoms with Crippen LogP contribution in [0.2, 0.25) is 0 Å². The summed E-state index contributed by atoms with van der Waals surface area (Å²) in [4.78, 5) is 23.5. The molecule has 0 aromatic heterocycles. The summed E-state index contributed by atoms with van der Waals surface area (Å²) in [5.41, 5.74) is 0.533. The van der Waals surface area contributed by atoms with Crippen LogP contribution in [-0.2, 0) is 19.6 Å². The zero-order valence-electron chi connectivity index (χ0n) is 13.5. The lowest BCUT2D eigenvalue weighted by atomic mass is 10.2. The minimum atomic E-state index is -3.73. The molecule has 130 valence electrons. The standard InChI is InChI=1S/C16H21N3O4S/c1-11(20)17-12-6-8-14(9-7-12)24(22,23)19-10-2-3-15(19)16(21)18-13-4-5-13/h6-9,13,15H,2-5,10H2,1H3,(H,17,20)(H,18,21)/t15-/m0/s1. The number of benzene rings is 1. The van der Waals surface area contributed by atoms with Crippen molar-refractivity contribution in [3.8, 4) is 0 Å². The lowest BCUT2D eigenvalue weighted by Crippen LogP contribution is -2.46. The van der Waals surface area contributed by atoms with E-state index < -0.39 is 16.1 Å². The first kappa shape index (κ1) is 16.9. The normalized spacial score (nSPS) is 21.5. The second-order valence-electron chi connectivity index (χ2n) is 6.26. The van der Waals surface area contributed by atoms with Crippen molar-refractivity contribution in [2.45, 2.75) is 49.6 Å². The van der Waals surface area contributed by atoms with Crippen LogP contribution >= 0.6 is 0 Å². The topological polar surface area (TPSA) is 95.6 Å². The molecule has 2 amide bonds. The smallest absolute Gasteiger partial charge is 0.243 e. The van der Waals surface area contributed by atoms with Crippen LogP contribution in [0.15, 0.2) is 29.2 Å². The van der Waals surface area contributed by atoms with E-state index >= 15 is 0 Å². The highest BCUT2D eigenvalue weighted by atomic mass is 32.2. The van der Waals surface area contributed by atoms with Gasteiger partial charge in [0.25, 0.3) is 0 Å². The molecule has 24 heavy (non-hydrogen) atoms. The number of carbonyl (C=O) groups is 2. The van der Waals surface area contributed by atoms with Gasteiger partial charge in [0.15, 0.2) is 0 Å². The number of rotatable bonds is 5. The molecular formula is C16H21N3O4S. The summed E-state index contributed by atoms with van der Waals surface area (Å²) in [7, 11) is -3.73. The highest BCUT2D eigenvalue weighted by molar-refractivity contribution is 7.89. The summed E-state index contributed by atoms with van der Waals surface area (Å²) in [5, 5.41) is 5.48. The van der Waals surface area contributed by atoms with Crippen molar-refractivity contribution in [2.24, 2.45) is 0 Å². The molecule has 1 aliphatic heterocycles. The van der Waals surface area contributed by atoms with E-state index in [1.807, 2.05) is 0 Å². The van der Waals surface area contributed by atoms with E-state index in [0.29, 0.717) is 25.1 Å². The molecule has 0 bridgehead atoms. The van der Waals surface area contributed by atoms with Crippen molar-refractivity contribution in [1.82, 2.24) is 9.62 Å². The molecule has 2 fully saturated rings. The van der Waals surface area contributed by atoms with Crippen molar-refractivity contribution < 1.29 is 18.0 Å². The quantitative estimate of drug-likeness (QED) is 0.830. The number of hydrogen-bond donors (Lipinski definition) is 2. The summed E-state index contributed by atoms with van der Waals surface area (Å²) >= 11 is 0. The highest BCUT2D eigenvalue weighted by Gasteiger charge is 2.40. The van der Waals surface area contributed by atoms with Crippen LogP contribution in [0.4, 0.5) is 5.69 Å². The molecule has 7 nitrogen and oxygen atoms in total. The Labute approximate surface area is 141 Å². The third-order valence-electron chi connectivity index (χ3n) is 4.21. The zero-order valence-corrected chi connectivity index (χ0v) is 14.3. The largest absolute Gasteiger partial charge is 0.352 e. The molecule has 1 saturated heterocycles. The van der Waals surface area contributed by atoms with Gasteiger partial charge in [0.05, 0.1) is 4.90 Å². The lowest BCUT2D eigenvalue weighted by molar-refractivity contribution is -0.124. The molecule has 8 heteroatoms. The Balaban J connectivity index is 1.77. The molecule has 1 aliphatic carbocycles. The average molecular weight is 351 g/mol. The van der Waals surface area contributed by atoms with Crippen LogP contribution in [0.25, 0.3) is 0 Å². The Kier molecular flexibility index (Phi) is 4.60. The van der Waals surface area contributed by atoms with Crippen molar-refractivity contribution >= 4 is 27.5 Å². The molecule has 1 aromatic rings. The van der Waals surface area contributed by atoms with E-state index in [0.717, 1.165) is 12.8 Å². The van der Waals surface area contributed by atoms with E-state index in [2.05, 4.69) is 10.6 Å². The molecule has 1 saturated carbocycles. The monoisotopic (exact) mass is 351 g/mol. The second kappa shape index (κ2) is 6.52. The van der Waals surface area contributed by atoms with Gasteiger partial charge < -0.3 is 10.6 Å². The molecule has 1 atom stereocenters. The van der Waals surface area contributed by atoms with Crippen molar-refractivity contribution in [3.05, 3.63) is 24.3 Å². The third kappa shape index (κ3) is 3.59. The highest BCUT2D eigenvalue weighted by Crippen LogP contribution is 2.28. The van der Waals surface area contributed by atoms with Crippen LogP contribution in [-0.4, -0.2) is 43.2 Å². The maximum Gasteiger partial charge on any atom is 0.243 e. The molecule has 0 unspecified atom stereocenters. The SMILES string of the molecule is CC(=O)Nc1ccc(S(=O)(=O)N2CCC[C@H]2C(=O)NC2CC2)cc1. The molecule has 2 aliphatic rings. The predicted molar refractivity (Wildman–Crippen MR) is 88.8 cm³/mol. The van der Waals surface area contributed by atoms with E-state index in [1.165, 1.54) is 23.4 Å². The number of nitrogens with one attached hydrogen (secondary N) is 2. The van der Waals surface area contributed by atoms with Crippen LogP contribution in [0.5, 0.6) is 0 Å². The van der Waals surface area contributed by atoms with E-state index in [1.54, 1.807) is 12.1 Å². The van der Waals surface area contributed by atoms with Gasteiger partial charge in [0.1, 0.15) is 6.04 Å². The number of hydrogen-bond acceptors (Lipinski definition) is 4. The zero-order chi connectivity index (χ0) is 17.3. The second-order valence-corrected chi connectivity index (χ2v) is 8.15. The van der Waals surface area contributed by atoms with E-state index in [4.69, 9.17) is 0 Å². The molecule has 2 N–H and O–H groups in total. The van der Waals surface area contributed by atoms with E-state index in [-0.39, 0.29) is 22.8 Å². The van der Waals surface area contributed by atoms with Gasteiger partial charge >= 0.3 is 0 Å². The maximum absolute atomic E-state index is 12.8. The summed E-state index contributed by atoms with van der Waals surface area (Å²) in [6, 6.07) is 5.57. The van der Waals surface area contributed by atoms with Crippen LogP contribution in [0.1, 0.15) is 32.6 Å². The summed E-state index contributed by atoms with van der Waals surface area (Å²) < 4.78 is 27.0. The number of amides is 2. The Hall–Kier alpha value is -1.93. The van der Waals surface area contributed by atoms with Crippen molar-refractivity contribution in [2.75, 3.05) is 11.9 Å². The minimum absolute atomic E-state index is 0.128. The fourth-order valence-electron chi connectivity index (χ4n) is 2.86. The minimum Gasteiger partial charge on any atom is -0.352 e. The van der Waals surface area contributed by atoms with Gasteiger partial charge in [-0.3, -0.25) is 9.59 Å². The molecule has 0 spiro atoms. The fourth-order valence-corrected chi connectivity index (χ4v) is 4.52. The molecule has 1 heterocycles. The lowest BCUT2D eigenvalue weighted by Gasteiger charge is -2.23. The van der Waals surface area contributed by atoms with Crippen molar-refractivity contribution in [1.29, 1.82) is 0 Å². The van der Waals surface area contributed by atoms with Gasteiger partial charge in [-0.1, -0.05) is 0 Å². The maximum atomic E-state index is 12.8. The first-order valence-corrected chi connectivity index (χ1v) is 9.52. The Bertz CT molecular complexity index is 741.